The summed E-state index contributed by atoms with van der Waals surface area (Å²) in [5.41, 5.74) is 1.67. The molecule has 4 atom stereocenters. The summed E-state index contributed by atoms with van der Waals surface area (Å²) in [4.78, 5) is 53.3. The van der Waals surface area contributed by atoms with Crippen LogP contribution in [-0.2, 0) is 19.2 Å². The van der Waals surface area contributed by atoms with E-state index in [1.807, 2.05) is 60.7 Å². The van der Waals surface area contributed by atoms with Crippen molar-refractivity contribution in [1.29, 1.82) is 0 Å². The zero-order chi connectivity index (χ0) is 25.3. The van der Waals surface area contributed by atoms with E-state index in [0.29, 0.717) is 25.9 Å². The van der Waals surface area contributed by atoms with Crippen LogP contribution in [0.5, 0.6) is 0 Å². The fourth-order valence-corrected chi connectivity index (χ4v) is 5.26. The van der Waals surface area contributed by atoms with Gasteiger partial charge in [-0.2, -0.15) is 0 Å². The first-order valence-corrected chi connectivity index (χ1v) is 12.7. The number of carbonyl (C=O) groups is 4. The molecule has 0 radical (unpaired) electrons. The first kappa shape index (κ1) is 25.4. The Morgan fingerprint density at radius 1 is 0.667 bits per heavy atom. The third-order valence-corrected chi connectivity index (χ3v) is 7.21. The summed E-state index contributed by atoms with van der Waals surface area (Å²) in [5.74, 6) is -0.476. The molecule has 2 N–H and O–H groups in total. The van der Waals surface area contributed by atoms with E-state index in [2.05, 4.69) is 10.6 Å². The van der Waals surface area contributed by atoms with Gasteiger partial charge in [-0.15, -0.1) is 0 Å². The summed E-state index contributed by atoms with van der Waals surface area (Å²) in [6.07, 6.45) is 6.20. The Bertz CT molecular complexity index is 949. The Morgan fingerprint density at radius 3 is 1.42 bits per heavy atom. The second-order valence-corrected chi connectivity index (χ2v) is 9.50. The summed E-state index contributed by atoms with van der Waals surface area (Å²) in [6, 6.07) is 16.8. The van der Waals surface area contributed by atoms with Gasteiger partial charge < -0.3 is 20.4 Å². The van der Waals surface area contributed by atoms with Gasteiger partial charge in [0.15, 0.2) is 0 Å². The van der Waals surface area contributed by atoms with Gasteiger partial charge in [-0.3, -0.25) is 19.2 Å². The largest absolute Gasteiger partial charge is 0.345 e. The predicted molar refractivity (Wildman–Crippen MR) is 135 cm³/mol. The first-order chi connectivity index (χ1) is 17.6. The molecule has 0 aliphatic carbocycles. The van der Waals surface area contributed by atoms with Gasteiger partial charge >= 0.3 is 0 Å². The van der Waals surface area contributed by atoms with Gasteiger partial charge in [-0.25, -0.2) is 0 Å². The molecular formula is C28H34N4O4. The lowest BCUT2D eigenvalue weighted by Crippen LogP contribution is -2.53. The Morgan fingerprint density at radius 2 is 1.06 bits per heavy atom. The number of rotatable bonds is 9. The van der Waals surface area contributed by atoms with Gasteiger partial charge in [-0.1, -0.05) is 60.7 Å². The molecular weight excluding hydrogens is 456 g/mol. The van der Waals surface area contributed by atoms with E-state index in [9.17, 15) is 19.2 Å². The van der Waals surface area contributed by atoms with E-state index in [1.165, 1.54) is 0 Å². The quantitative estimate of drug-likeness (QED) is 0.528. The number of piperidine rings is 2. The number of nitrogens with zero attached hydrogens (tertiary/aromatic N) is 2. The second kappa shape index (κ2) is 12.3. The van der Waals surface area contributed by atoms with Gasteiger partial charge in [0.2, 0.25) is 24.6 Å². The molecule has 8 nitrogen and oxygen atoms in total. The second-order valence-electron chi connectivity index (χ2n) is 9.50. The first-order valence-electron chi connectivity index (χ1n) is 12.7. The average Bonchev–Trinajstić information content (AvgIpc) is 2.95. The maximum atomic E-state index is 13.5. The van der Waals surface area contributed by atoms with Crippen LogP contribution in [0, 0.1) is 0 Å². The maximum Gasteiger partial charge on any atom is 0.243 e. The molecule has 8 heteroatoms. The molecule has 4 rings (SSSR count). The molecule has 2 aromatic rings. The van der Waals surface area contributed by atoms with Crippen molar-refractivity contribution >= 4 is 24.6 Å². The summed E-state index contributed by atoms with van der Waals surface area (Å²) in [6.45, 7) is 1.11. The fraction of sp³-hybridized carbons (Fsp3) is 0.429. The van der Waals surface area contributed by atoms with Crippen molar-refractivity contribution < 1.29 is 19.2 Å². The van der Waals surface area contributed by atoms with Gasteiger partial charge in [0.25, 0.3) is 0 Å². The molecule has 2 saturated heterocycles. The summed E-state index contributed by atoms with van der Waals surface area (Å²) in [5, 5.41) is 6.32. The Labute approximate surface area is 212 Å². The molecule has 0 spiro atoms. The molecule has 2 heterocycles. The minimum absolute atomic E-state index is 0.238. The van der Waals surface area contributed by atoms with Crippen LogP contribution in [0.15, 0.2) is 60.7 Å². The molecule has 0 saturated carbocycles. The van der Waals surface area contributed by atoms with Gasteiger partial charge in [0, 0.05) is 13.1 Å². The monoisotopic (exact) mass is 490 g/mol. The number of likely N-dealkylation sites (tertiary alicyclic amines) is 2. The van der Waals surface area contributed by atoms with Gasteiger partial charge in [0.1, 0.15) is 12.1 Å². The third kappa shape index (κ3) is 5.93. The standard InChI is InChI=1S/C28H34N4O4/c33-19-31-17-9-7-15-23(31)27(35)29-25(21-11-3-1-4-12-21)26(22-13-5-2-6-14-22)30-28(36)24-16-8-10-18-32(24)20-34/h1-6,11-14,19-20,23-26H,7-10,15-18H2,(H,29,35)(H,30,36)/t23-,24-,25-,26-/m0/s1. The smallest absolute Gasteiger partial charge is 0.243 e. The Balaban J connectivity index is 1.66. The van der Waals surface area contributed by atoms with Crippen LogP contribution in [0.3, 0.4) is 0 Å². The molecule has 2 aliphatic heterocycles. The number of amides is 4. The molecule has 2 fully saturated rings. The van der Waals surface area contributed by atoms with Crippen molar-refractivity contribution in [3.63, 3.8) is 0 Å². The highest BCUT2D eigenvalue weighted by Gasteiger charge is 2.35. The molecule has 4 amide bonds. The molecule has 0 aromatic heterocycles. The topological polar surface area (TPSA) is 98.8 Å². The summed E-state index contributed by atoms with van der Waals surface area (Å²) in [7, 11) is 0. The lowest BCUT2D eigenvalue weighted by atomic mass is 9.91. The van der Waals surface area contributed by atoms with E-state index >= 15 is 0 Å². The molecule has 0 unspecified atom stereocenters. The lowest BCUT2D eigenvalue weighted by Gasteiger charge is -2.37. The normalized spacial score (nSPS) is 21.7. The number of carbonyl (C=O) groups excluding carboxylic acids is 4. The maximum absolute atomic E-state index is 13.5. The van der Waals surface area contributed by atoms with Gasteiger partial charge in [0.05, 0.1) is 12.1 Å². The van der Waals surface area contributed by atoms with E-state index in [0.717, 1.165) is 49.6 Å². The van der Waals surface area contributed by atoms with E-state index in [4.69, 9.17) is 0 Å². The predicted octanol–water partition coefficient (Wildman–Crippen LogP) is 2.72. The molecule has 2 aromatic carbocycles. The highest BCUT2D eigenvalue weighted by Crippen LogP contribution is 2.31. The minimum Gasteiger partial charge on any atom is -0.345 e. The van der Waals surface area contributed by atoms with Crippen molar-refractivity contribution in [2.45, 2.75) is 62.7 Å². The molecule has 0 bridgehead atoms. The Hall–Kier alpha value is -3.68. The molecule has 190 valence electrons. The highest BCUT2D eigenvalue weighted by molar-refractivity contribution is 5.86. The SMILES string of the molecule is O=CN1CCCC[C@H]1C(=O)N[C@@H](c1ccccc1)[C@@H](NC(=O)[C@@H]1CCCCN1C=O)c1ccccc1. The van der Waals surface area contributed by atoms with Crippen LogP contribution < -0.4 is 10.6 Å². The lowest BCUT2D eigenvalue weighted by molar-refractivity contribution is -0.136. The minimum atomic E-state index is -0.575. The Kier molecular flexibility index (Phi) is 8.71. The van der Waals surface area contributed by atoms with Crippen LogP contribution in [0.4, 0.5) is 0 Å². The summed E-state index contributed by atoms with van der Waals surface area (Å²) >= 11 is 0. The van der Waals surface area contributed by atoms with Crippen molar-refractivity contribution in [3.8, 4) is 0 Å². The van der Waals surface area contributed by atoms with Crippen LogP contribution in [0.25, 0.3) is 0 Å². The number of nitrogens with one attached hydrogen (secondary N) is 2. The fourth-order valence-electron chi connectivity index (χ4n) is 5.26. The highest BCUT2D eigenvalue weighted by atomic mass is 16.2. The number of hydrogen-bond donors (Lipinski definition) is 2. The number of benzene rings is 2. The van der Waals surface area contributed by atoms with Crippen molar-refractivity contribution in [1.82, 2.24) is 20.4 Å². The summed E-state index contributed by atoms with van der Waals surface area (Å²) < 4.78 is 0. The van der Waals surface area contributed by atoms with Crippen molar-refractivity contribution in [2.24, 2.45) is 0 Å². The van der Waals surface area contributed by atoms with Crippen molar-refractivity contribution in [3.05, 3.63) is 71.8 Å². The average molecular weight is 491 g/mol. The van der Waals surface area contributed by atoms with Crippen LogP contribution in [0.2, 0.25) is 0 Å². The van der Waals surface area contributed by atoms with Crippen LogP contribution in [-0.4, -0.2) is 59.6 Å². The third-order valence-electron chi connectivity index (χ3n) is 7.21. The zero-order valence-corrected chi connectivity index (χ0v) is 20.4. The van der Waals surface area contributed by atoms with Gasteiger partial charge in [-0.05, 0) is 49.7 Å². The van der Waals surface area contributed by atoms with E-state index in [1.54, 1.807) is 9.80 Å². The zero-order valence-electron chi connectivity index (χ0n) is 20.4. The number of hydrogen-bond acceptors (Lipinski definition) is 4. The van der Waals surface area contributed by atoms with Crippen molar-refractivity contribution in [2.75, 3.05) is 13.1 Å². The van der Waals surface area contributed by atoms with E-state index < -0.39 is 24.2 Å². The van der Waals surface area contributed by atoms with Crippen LogP contribution in [0.1, 0.15) is 61.7 Å². The van der Waals surface area contributed by atoms with Crippen LogP contribution >= 0.6 is 0 Å². The van der Waals surface area contributed by atoms with E-state index in [-0.39, 0.29) is 11.8 Å². The molecule has 2 aliphatic rings. The molecule has 36 heavy (non-hydrogen) atoms.